The minimum atomic E-state index is -0.290. The van der Waals surface area contributed by atoms with E-state index in [4.69, 9.17) is 10.7 Å². The molecule has 4 rings (SSSR count). The van der Waals surface area contributed by atoms with Gasteiger partial charge in [-0.1, -0.05) is 12.1 Å². The van der Waals surface area contributed by atoms with Crippen LogP contribution in [-0.2, 0) is 13.6 Å². The van der Waals surface area contributed by atoms with E-state index in [1.165, 1.54) is 12.1 Å². The molecule has 0 spiro atoms. The number of rotatable bonds is 3. The van der Waals surface area contributed by atoms with E-state index < -0.39 is 0 Å². The molecule has 0 aliphatic rings. The molecule has 4 aromatic rings. The van der Waals surface area contributed by atoms with Gasteiger partial charge >= 0.3 is 0 Å². The van der Waals surface area contributed by atoms with Gasteiger partial charge < -0.3 is 10.3 Å². The van der Waals surface area contributed by atoms with Crippen LogP contribution in [0.4, 0.5) is 4.39 Å². The van der Waals surface area contributed by atoms with E-state index in [0.717, 1.165) is 44.6 Å². The lowest BCUT2D eigenvalue weighted by molar-refractivity contribution is 0.629. The van der Waals surface area contributed by atoms with Gasteiger partial charge in [0.2, 0.25) is 0 Å². The standard InChI is InChI=1S/C22H21FN4.ClH/c1-13-8-15(11-24)9-14(2)20(13)21-22(27(3)12-26-21)18-6-7-25-19-10-16(23)4-5-17(18)19;/h4-10,12H,11,24H2,1-3H3;1H. The molecule has 2 heterocycles. The molecular formula is C22H22ClFN4. The van der Waals surface area contributed by atoms with Crippen molar-refractivity contribution in [3.63, 3.8) is 0 Å². The van der Waals surface area contributed by atoms with Crippen molar-refractivity contribution >= 4 is 23.3 Å². The molecule has 0 unspecified atom stereocenters. The number of aromatic nitrogens is 3. The number of halogens is 2. The summed E-state index contributed by atoms with van der Waals surface area (Å²) in [7, 11) is 1.97. The predicted octanol–water partition coefficient (Wildman–Crippen LogP) is 4.94. The van der Waals surface area contributed by atoms with Crippen LogP contribution in [-0.4, -0.2) is 14.5 Å². The fraction of sp³-hybridized carbons (Fsp3) is 0.182. The quantitative estimate of drug-likeness (QED) is 0.533. The van der Waals surface area contributed by atoms with Crippen LogP contribution in [0.2, 0.25) is 0 Å². The maximum Gasteiger partial charge on any atom is 0.125 e. The van der Waals surface area contributed by atoms with Gasteiger partial charge in [0.1, 0.15) is 5.82 Å². The van der Waals surface area contributed by atoms with Crippen molar-refractivity contribution in [3.05, 3.63) is 71.4 Å². The van der Waals surface area contributed by atoms with Crippen molar-refractivity contribution < 1.29 is 4.39 Å². The maximum absolute atomic E-state index is 13.6. The van der Waals surface area contributed by atoms with Crippen LogP contribution in [0.15, 0.2) is 48.9 Å². The molecule has 0 saturated heterocycles. The molecule has 2 aromatic carbocycles. The minimum Gasteiger partial charge on any atom is -0.333 e. The summed E-state index contributed by atoms with van der Waals surface area (Å²) in [5.74, 6) is -0.290. The highest BCUT2D eigenvalue weighted by atomic mass is 35.5. The summed E-state index contributed by atoms with van der Waals surface area (Å²) >= 11 is 0. The van der Waals surface area contributed by atoms with Gasteiger partial charge in [-0.3, -0.25) is 4.98 Å². The third-order valence-electron chi connectivity index (χ3n) is 4.96. The van der Waals surface area contributed by atoms with E-state index >= 15 is 0 Å². The molecule has 0 bridgehead atoms. The Morgan fingerprint density at radius 1 is 1.04 bits per heavy atom. The number of aryl methyl sites for hydroxylation is 3. The topological polar surface area (TPSA) is 56.7 Å². The third kappa shape index (κ3) is 3.28. The predicted molar refractivity (Wildman–Crippen MR) is 114 cm³/mol. The number of nitrogens with zero attached hydrogens (tertiary/aromatic N) is 3. The third-order valence-corrected chi connectivity index (χ3v) is 4.96. The number of hydrogen-bond acceptors (Lipinski definition) is 3. The first-order valence-electron chi connectivity index (χ1n) is 8.86. The van der Waals surface area contributed by atoms with Gasteiger partial charge in [-0.25, -0.2) is 9.37 Å². The summed E-state index contributed by atoms with van der Waals surface area (Å²) in [6.45, 7) is 4.68. The normalized spacial score (nSPS) is 10.9. The molecule has 28 heavy (non-hydrogen) atoms. The van der Waals surface area contributed by atoms with E-state index in [0.29, 0.717) is 12.1 Å². The van der Waals surface area contributed by atoms with Crippen molar-refractivity contribution in [1.29, 1.82) is 0 Å². The Balaban J connectivity index is 0.00000225. The molecule has 0 fully saturated rings. The van der Waals surface area contributed by atoms with Crippen LogP contribution in [0, 0.1) is 19.7 Å². The van der Waals surface area contributed by atoms with Gasteiger partial charge in [0.15, 0.2) is 0 Å². The van der Waals surface area contributed by atoms with Crippen molar-refractivity contribution in [2.75, 3.05) is 0 Å². The lowest BCUT2D eigenvalue weighted by atomic mass is 9.93. The van der Waals surface area contributed by atoms with E-state index in [1.54, 1.807) is 12.3 Å². The van der Waals surface area contributed by atoms with Crippen LogP contribution < -0.4 is 5.73 Å². The van der Waals surface area contributed by atoms with Gasteiger partial charge in [-0.05, 0) is 48.7 Å². The number of fused-ring (bicyclic) bond motifs is 1. The number of hydrogen-bond donors (Lipinski definition) is 1. The average Bonchev–Trinajstić information content (AvgIpc) is 3.01. The van der Waals surface area contributed by atoms with Gasteiger partial charge in [0.25, 0.3) is 0 Å². The first-order chi connectivity index (χ1) is 13.0. The monoisotopic (exact) mass is 396 g/mol. The molecule has 0 saturated carbocycles. The summed E-state index contributed by atoms with van der Waals surface area (Å²) in [4.78, 5) is 9.02. The SMILES string of the molecule is Cc1cc(CN)cc(C)c1-c1ncn(C)c1-c1ccnc2cc(F)ccc12.Cl. The number of pyridine rings is 1. The summed E-state index contributed by atoms with van der Waals surface area (Å²) < 4.78 is 15.6. The van der Waals surface area contributed by atoms with Gasteiger partial charge in [0, 0.05) is 42.4 Å². The molecular weight excluding hydrogens is 375 g/mol. The first-order valence-corrected chi connectivity index (χ1v) is 8.86. The Morgan fingerprint density at radius 2 is 1.75 bits per heavy atom. The molecule has 0 radical (unpaired) electrons. The molecule has 0 amide bonds. The van der Waals surface area contributed by atoms with Gasteiger partial charge in [-0.2, -0.15) is 0 Å². The number of nitrogens with two attached hydrogens (primary N) is 1. The number of benzene rings is 2. The van der Waals surface area contributed by atoms with Gasteiger partial charge in [0.05, 0.1) is 23.2 Å². The van der Waals surface area contributed by atoms with Gasteiger partial charge in [-0.15, -0.1) is 12.4 Å². The Kier molecular flexibility index (Phi) is 5.49. The van der Waals surface area contributed by atoms with E-state index in [1.807, 2.05) is 24.0 Å². The smallest absolute Gasteiger partial charge is 0.125 e. The van der Waals surface area contributed by atoms with Crippen molar-refractivity contribution in [3.8, 4) is 22.5 Å². The molecule has 144 valence electrons. The molecule has 2 N–H and O–H groups in total. The second-order valence-corrected chi connectivity index (χ2v) is 6.88. The fourth-order valence-electron chi connectivity index (χ4n) is 3.80. The zero-order valence-electron chi connectivity index (χ0n) is 16.0. The zero-order chi connectivity index (χ0) is 19.1. The van der Waals surface area contributed by atoms with E-state index in [-0.39, 0.29) is 18.2 Å². The van der Waals surface area contributed by atoms with Crippen molar-refractivity contribution in [2.45, 2.75) is 20.4 Å². The Hall–Kier alpha value is -2.76. The highest BCUT2D eigenvalue weighted by Crippen LogP contribution is 2.37. The Morgan fingerprint density at radius 3 is 2.43 bits per heavy atom. The summed E-state index contributed by atoms with van der Waals surface area (Å²) in [6, 6.07) is 10.9. The van der Waals surface area contributed by atoms with Crippen molar-refractivity contribution in [2.24, 2.45) is 12.8 Å². The van der Waals surface area contributed by atoms with Crippen LogP contribution in [0.3, 0.4) is 0 Å². The molecule has 0 aliphatic heterocycles. The van der Waals surface area contributed by atoms with Crippen LogP contribution in [0.1, 0.15) is 16.7 Å². The van der Waals surface area contributed by atoms with Crippen LogP contribution >= 0.6 is 12.4 Å². The molecule has 4 nitrogen and oxygen atoms in total. The largest absolute Gasteiger partial charge is 0.333 e. The summed E-state index contributed by atoms with van der Waals surface area (Å²) in [5, 5.41) is 0.901. The molecule has 0 atom stereocenters. The molecule has 0 aliphatic carbocycles. The lowest BCUT2D eigenvalue weighted by Gasteiger charge is -2.14. The highest BCUT2D eigenvalue weighted by Gasteiger charge is 2.19. The van der Waals surface area contributed by atoms with Crippen LogP contribution in [0.5, 0.6) is 0 Å². The Bertz CT molecular complexity index is 1140. The summed E-state index contributed by atoms with van der Waals surface area (Å²) in [5.41, 5.74) is 13.8. The Labute approximate surface area is 169 Å². The molecule has 2 aromatic heterocycles. The second kappa shape index (κ2) is 7.70. The maximum atomic E-state index is 13.6. The van der Waals surface area contributed by atoms with Crippen molar-refractivity contribution in [1.82, 2.24) is 14.5 Å². The summed E-state index contributed by atoms with van der Waals surface area (Å²) in [6.07, 6.45) is 3.53. The highest BCUT2D eigenvalue weighted by molar-refractivity contribution is 5.97. The second-order valence-electron chi connectivity index (χ2n) is 6.88. The lowest BCUT2D eigenvalue weighted by Crippen LogP contribution is -2.00. The fourth-order valence-corrected chi connectivity index (χ4v) is 3.80. The zero-order valence-corrected chi connectivity index (χ0v) is 16.8. The first kappa shape index (κ1) is 20.0. The number of imidazole rings is 1. The molecule has 6 heteroatoms. The van der Waals surface area contributed by atoms with Crippen LogP contribution in [0.25, 0.3) is 33.4 Å². The van der Waals surface area contributed by atoms with E-state index in [9.17, 15) is 4.39 Å². The van der Waals surface area contributed by atoms with E-state index in [2.05, 4.69) is 31.0 Å². The minimum absolute atomic E-state index is 0. The average molecular weight is 397 g/mol.